The highest BCUT2D eigenvalue weighted by Gasteiger charge is 2.14. The van der Waals surface area contributed by atoms with Crippen LogP contribution in [0.1, 0.15) is 37.0 Å². The predicted molar refractivity (Wildman–Crippen MR) is 72.7 cm³/mol. The SMILES string of the molecule is CCC(C)CC(=O)Nc1ccc(OC)cc1C(=O)O. The second-order valence-electron chi connectivity index (χ2n) is 4.48. The molecular weight excluding hydrogens is 246 g/mol. The summed E-state index contributed by atoms with van der Waals surface area (Å²) in [7, 11) is 1.46. The van der Waals surface area contributed by atoms with Gasteiger partial charge in [0, 0.05) is 6.42 Å². The van der Waals surface area contributed by atoms with E-state index in [-0.39, 0.29) is 17.4 Å². The molecule has 0 fully saturated rings. The molecule has 0 aliphatic carbocycles. The van der Waals surface area contributed by atoms with Crippen LogP contribution in [0, 0.1) is 5.92 Å². The van der Waals surface area contributed by atoms with Gasteiger partial charge in [-0.3, -0.25) is 4.79 Å². The average molecular weight is 265 g/mol. The summed E-state index contributed by atoms with van der Waals surface area (Å²) in [6.07, 6.45) is 1.28. The van der Waals surface area contributed by atoms with Crippen LogP contribution in [0.3, 0.4) is 0 Å². The first kappa shape index (κ1) is 15.0. The molecule has 0 aliphatic heterocycles. The number of carboxylic acids is 1. The second-order valence-corrected chi connectivity index (χ2v) is 4.48. The van der Waals surface area contributed by atoms with Crippen LogP contribution in [-0.2, 0) is 4.79 Å². The van der Waals surface area contributed by atoms with E-state index in [2.05, 4.69) is 5.32 Å². The summed E-state index contributed by atoms with van der Waals surface area (Å²) < 4.78 is 4.97. The largest absolute Gasteiger partial charge is 0.497 e. The molecular formula is C14H19NO4. The summed E-state index contributed by atoms with van der Waals surface area (Å²) in [6.45, 7) is 3.99. The fourth-order valence-electron chi connectivity index (χ4n) is 1.60. The summed E-state index contributed by atoms with van der Waals surface area (Å²) in [6, 6.07) is 4.54. The van der Waals surface area contributed by atoms with Gasteiger partial charge in [-0.2, -0.15) is 0 Å². The Hall–Kier alpha value is -2.04. The Labute approximate surface area is 112 Å². The van der Waals surface area contributed by atoms with Crippen LogP contribution in [0.2, 0.25) is 0 Å². The van der Waals surface area contributed by atoms with Crippen molar-refractivity contribution in [2.75, 3.05) is 12.4 Å². The molecule has 0 saturated heterocycles. The van der Waals surface area contributed by atoms with Crippen molar-refractivity contribution in [3.05, 3.63) is 23.8 Å². The summed E-state index contributed by atoms with van der Waals surface area (Å²) in [5, 5.41) is 11.8. The number of hydrogen-bond donors (Lipinski definition) is 2. The molecule has 5 nitrogen and oxygen atoms in total. The van der Waals surface area contributed by atoms with E-state index in [0.29, 0.717) is 17.9 Å². The molecule has 5 heteroatoms. The zero-order chi connectivity index (χ0) is 14.4. The van der Waals surface area contributed by atoms with Crippen molar-refractivity contribution in [2.45, 2.75) is 26.7 Å². The van der Waals surface area contributed by atoms with E-state index in [0.717, 1.165) is 6.42 Å². The molecule has 0 heterocycles. The molecule has 0 bridgehead atoms. The molecule has 19 heavy (non-hydrogen) atoms. The molecule has 1 atom stereocenters. The highest BCUT2D eigenvalue weighted by Crippen LogP contribution is 2.22. The number of amides is 1. The molecule has 1 unspecified atom stereocenters. The van der Waals surface area contributed by atoms with Gasteiger partial charge in [0.15, 0.2) is 0 Å². The van der Waals surface area contributed by atoms with E-state index in [1.165, 1.54) is 19.2 Å². The van der Waals surface area contributed by atoms with E-state index >= 15 is 0 Å². The first-order valence-corrected chi connectivity index (χ1v) is 6.19. The van der Waals surface area contributed by atoms with Crippen LogP contribution in [0.25, 0.3) is 0 Å². The van der Waals surface area contributed by atoms with Crippen molar-refractivity contribution in [2.24, 2.45) is 5.92 Å². The third-order valence-corrected chi connectivity index (χ3v) is 2.96. The molecule has 104 valence electrons. The van der Waals surface area contributed by atoms with Gasteiger partial charge in [-0.05, 0) is 24.1 Å². The number of carboxylic acid groups (broad SMARTS) is 1. The molecule has 0 saturated carbocycles. The fourth-order valence-corrected chi connectivity index (χ4v) is 1.60. The van der Waals surface area contributed by atoms with E-state index in [1.54, 1.807) is 6.07 Å². The van der Waals surface area contributed by atoms with Gasteiger partial charge in [-0.1, -0.05) is 20.3 Å². The number of aromatic carboxylic acids is 1. The number of hydrogen-bond acceptors (Lipinski definition) is 3. The smallest absolute Gasteiger partial charge is 0.337 e. The lowest BCUT2D eigenvalue weighted by atomic mass is 10.0. The Kier molecular flexibility index (Phi) is 5.36. The first-order valence-electron chi connectivity index (χ1n) is 6.19. The lowest BCUT2D eigenvalue weighted by Gasteiger charge is -2.12. The second kappa shape index (κ2) is 6.78. The number of benzene rings is 1. The fraction of sp³-hybridized carbons (Fsp3) is 0.429. The van der Waals surface area contributed by atoms with Crippen molar-refractivity contribution in [1.82, 2.24) is 0 Å². The van der Waals surface area contributed by atoms with Gasteiger partial charge in [0.1, 0.15) is 5.75 Å². The van der Waals surface area contributed by atoms with Crippen molar-refractivity contribution in [3.63, 3.8) is 0 Å². The van der Waals surface area contributed by atoms with E-state index in [4.69, 9.17) is 9.84 Å². The van der Waals surface area contributed by atoms with E-state index in [1.807, 2.05) is 13.8 Å². The molecule has 1 aromatic rings. The Morgan fingerprint density at radius 1 is 1.42 bits per heavy atom. The topological polar surface area (TPSA) is 75.6 Å². The molecule has 1 aromatic carbocycles. The van der Waals surface area contributed by atoms with Gasteiger partial charge in [0.25, 0.3) is 0 Å². The third kappa shape index (κ3) is 4.28. The number of methoxy groups -OCH3 is 1. The Morgan fingerprint density at radius 2 is 2.11 bits per heavy atom. The van der Waals surface area contributed by atoms with Crippen LogP contribution in [0.5, 0.6) is 5.75 Å². The number of ether oxygens (including phenoxy) is 1. The molecule has 0 spiro atoms. The van der Waals surface area contributed by atoms with Crippen LogP contribution in [-0.4, -0.2) is 24.1 Å². The highest BCUT2D eigenvalue weighted by atomic mass is 16.5. The zero-order valence-electron chi connectivity index (χ0n) is 11.4. The molecule has 2 N–H and O–H groups in total. The van der Waals surface area contributed by atoms with Crippen molar-refractivity contribution < 1.29 is 19.4 Å². The van der Waals surface area contributed by atoms with Gasteiger partial charge in [0.05, 0.1) is 18.4 Å². The number of nitrogens with one attached hydrogen (secondary N) is 1. The Bertz CT molecular complexity index is 471. The first-order chi connectivity index (χ1) is 8.97. The minimum atomic E-state index is -1.10. The lowest BCUT2D eigenvalue weighted by Crippen LogP contribution is -2.17. The summed E-state index contributed by atoms with van der Waals surface area (Å²) in [5.74, 6) is -0.566. The monoisotopic (exact) mass is 265 g/mol. The van der Waals surface area contributed by atoms with E-state index in [9.17, 15) is 9.59 Å². The molecule has 1 amide bonds. The summed E-state index contributed by atoms with van der Waals surface area (Å²) in [5.41, 5.74) is 0.318. The predicted octanol–water partition coefficient (Wildman–Crippen LogP) is 2.77. The molecule has 1 rings (SSSR count). The van der Waals surface area contributed by atoms with Crippen LogP contribution in [0.4, 0.5) is 5.69 Å². The standard InChI is InChI=1S/C14H19NO4/c1-4-9(2)7-13(16)15-12-6-5-10(19-3)8-11(12)14(17)18/h5-6,8-9H,4,7H2,1-3H3,(H,15,16)(H,17,18). The normalized spacial score (nSPS) is 11.7. The molecule has 0 aromatic heterocycles. The quantitative estimate of drug-likeness (QED) is 0.829. The maximum Gasteiger partial charge on any atom is 0.337 e. The minimum Gasteiger partial charge on any atom is -0.497 e. The van der Waals surface area contributed by atoms with Crippen molar-refractivity contribution >= 4 is 17.6 Å². The third-order valence-electron chi connectivity index (χ3n) is 2.96. The number of rotatable bonds is 6. The van der Waals surface area contributed by atoms with Crippen LogP contribution < -0.4 is 10.1 Å². The molecule has 0 aliphatic rings. The number of anilines is 1. The van der Waals surface area contributed by atoms with Gasteiger partial charge in [0.2, 0.25) is 5.91 Å². The van der Waals surface area contributed by atoms with Gasteiger partial charge >= 0.3 is 5.97 Å². The molecule has 0 radical (unpaired) electrons. The highest BCUT2D eigenvalue weighted by molar-refractivity contribution is 6.00. The number of carbonyl (C=O) groups is 2. The van der Waals surface area contributed by atoms with Crippen molar-refractivity contribution in [3.8, 4) is 5.75 Å². The lowest BCUT2D eigenvalue weighted by molar-refractivity contribution is -0.117. The zero-order valence-corrected chi connectivity index (χ0v) is 11.4. The van der Waals surface area contributed by atoms with Gasteiger partial charge in [-0.15, -0.1) is 0 Å². The van der Waals surface area contributed by atoms with Gasteiger partial charge < -0.3 is 15.2 Å². The summed E-state index contributed by atoms with van der Waals surface area (Å²) in [4.78, 5) is 22.9. The number of carbonyl (C=O) groups excluding carboxylic acids is 1. The van der Waals surface area contributed by atoms with Crippen molar-refractivity contribution in [1.29, 1.82) is 0 Å². The summed E-state index contributed by atoms with van der Waals surface area (Å²) >= 11 is 0. The van der Waals surface area contributed by atoms with Gasteiger partial charge in [-0.25, -0.2) is 4.79 Å². The maximum atomic E-state index is 11.8. The Morgan fingerprint density at radius 3 is 2.63 bits per heavy atom. The van der Waals surface area contributed by atoms with E-state index < -0.39 is 5.97 Å². The van der Waals surface area contributed by atoms with Crippen LogP contribution in [0.15, 0.2) is 18.2 Å². The maximum absolute atomic E-state index is 11.8. The Balaban J connectivity index is 2.88. The van der Waals surface area contributed by atoms with Crippen LogP contribution >= 0.6 is 0 Å². The minimum absolute atomic E-state index is 0.0249. The average Bonchev–Trinajstić information content (AvgIpc) is 2.38.